The molecule has 5 rings (SSSR count). The van der Waals surface area contributed by atoms with E-state index in [1.54, 1.807) is 22.7 Å². The van der Waals surface area contributed by atoms with E-state index in [1.807, 2.05) is 61.5 Å². The molecule has 0 unspecified atom stereocenters. The molecule has 0 aliphatic heterocycles. The van der Waals surface area contributed by atoms with Crippen LogP contribution in [0.15, 0.2) is 79.0 Å². The van der Waals surface area contributed by atoms with Crippen LogP contribution >= 0.6 is 0 Å². The first kappa shape index (κ1) is 24.5. The molecule has 3 aromatic carbocycles. The van der Waals surface area contributed by atoms with Crippen LogP contribution < -0.4 is 10.5 Å². The highest BCUT2D eigenvalue weighted by Gasteiger charge is 2.18. The van der Waals surface area contributed by atoms with Crippen LogP contribution in [0.25, 0.3) is 16.9 Å². The number of aryl methyl sites for hydroxylation is 1. The molecule has 0 saturated carbocycles. The fraction of sp³-hybridized carbons (Fsp3) is 0.200. The second kappa shape index (κ2) is 10.8. The predicted molar refractivity (Wildman–Crippen MR) is 142 cm³/mol. The average Bonchev–Trinajstić information content (AvgIpc) is 3.22. The van der Waals surface area contributed by atoms with Gasteiger partial charge in [-0.15, -0.1) is 0 Å². The smallest absolute Gasteiger partial charge is 0.219 e. The Labute approximate surface area is 215 Å². The lowest BCUT2D eigenvalue weighted by atomic mass is 10.1. The summed E-state index contributed by atoms with van der Waals surface area (Å²) in [5.41, 5.74) is 11.9. The molecular formula is C30H29FN4O2. The largest absolute Gasteiger partial charge is 0.493 e. The van der Waals surface area contributed by atoms with Crippen LogP contribution in [0.5, 0.6) is 11.6 Å². The third kappa shape index (κ3) is 5.47. The number of nitrogens with zero attached hydrogens (tertiary/aromatic N) is 3. The van der Waals surface area contributed by atoms with Gasteiger partial charge < -0.3 is 15.6 Å². The van der Waals surface area contributed by atoms with Gasteiger partial charge in [-0.1, -0.05) is 66.2 Å². The van der Waals surface area contributed by atoms with Crippen molar-refractivity contribution >= 4 is 5.65 Å². The molecule has 2 heterocycles. The maximum absolute atomic E-state index is 14.6. The fourth-order valence-electron chi connectivity index (χ4n) is 4.26. The lowest BCUT2D eigenvalue weighted by Gasteiger charge is -2.09. The molecule has 0 spiro atoms. The van der Waals surface area contributed by atoms with Crippen LogP contribution in [0.1, 0.15) is 34.5 Å². The lowest BCUT2D eigenvalue weighted by Crippen LogP contribution is -2.07. The quantitative estimate of drug-likeness (QED) is 0.265. The van der Waals surface area contributed by atoms with E-state index in [-0.39, 0.29) is 18.1 Å². The van der Waals surface area contributed by atoms with Crippen molar-refractivity contribution in [2.24, 2.45) is 5.73 Å². The molecule has 0 radical (unpaired) electrons. The minimum absolute atomic E-state index is 0.0174. The van der Waals surface area contributed by atoms with Crippen LogP contribution in [0, 0.1) is 12.7 Å². The zero-order chi connectivity index (χ0) is 25.8. The van der Waals surface area contributed by atoms with Crippen molar-refractivity contribution in [2.45, 2.75) is 26.2 Å². The molecule has 37 heavy (non-hydrogen) atoms. The Kier molecular flexibility index (Phi) is 7.14. The van der Waals surface area contributed by atoms with Crippen LogP contribution in [-0.4, -0.2) is 32.6 Å². The number of rotatable bonds is 9. The van der Waals surface area contributed by atoms with E-state index in [1.165, 1.54) is 6.07 Å². The minimum Gasteiger partial charge on any atom is -0.493 e. The molecule has 0 amide bonds. The summed E-state index contributed by atoms with van der Waals surface area (Å²) in [6, 6.07) is 23.0. The first-order chi connectivity index (χ1) is 18.0. The molecule has 2 aromatic heterocycles. The van der Waals surface area contributed by atoms with E-state index in [0.717, 1.165) is 28.1 Å². The molecule has 3 N–H and O–H groups in total. The second-order valence-corrected chi connectivity index (χ2v) is 9.11. The van der Waals surface area contributed by atoms with E-state index in [2.05, 4.69) is 0 Å². The first-order valence-corrected chi connectivity index (χ1v) is 12.3. The molecule has 0 fully saturated rings. The zero-order valence-electron chi connectivity index (χ0n) is 20.7. The minimum atomic E-state index is -0.453. The third-order valence-electron chi connectivity index (χ3n) is 6.26. The second-order valence-electron chi connectivity index (χ2n) is 9.11. The molecular weight excluding hydrogens is 467 g/mol. The van der Waals surface area contributed by atoms with Crippen molar-refractivity contribution in [1.82, 2.24) is 14.4 Å². The maximum atomic E-state index is 14.6. The molecule has 0 atom stereocenters. The summed E-state index contributed by atoms with van der Waals surface area (Å²) >= 11 is 0. The summed E-state index contributed by atoms with van der Waals surface area (Å²) in [5, 5.41) is 11.2. The van der Waals surface area contributed by atoms with Gasteiger partial charge in [-0.3, -0.25) is 4.40 Å². The highest BCUT2D eigenvalue weighted by molar-refractivity contribution is 5.63. The Bertz CT molecular complexity index is 1510. The number of fused-ring (bicyclic) bond motifs is 1. The lowest BCUT2D eigenvalue weighted by molar-refractivity contribution is 0.297. The molecule has 5 aromatic rings. The normalized spacial score (nSPS) is 11.2. The SMILES string of the molecule is Cc1ccc(-c2cn3c(O)c(Cc4ccc(OCCCN)c(F)c4)nc3c(Cc3ccccc3)n2)cc1. The van der Waals surface area contributed by atoms with Crippen LogP contribution in [0.3, 0.4) is 0 Å². The molecule has 6 nitrogen and oxygen atoms in total. The first-order valence-electron chi connectivity index (χ1n) is 12.3. The summed E-state index contributed by atoms with van der Waals surface area (Å²) in [4.78, 5) is 9.69. The van der Waals surface area contributed by atoms with Gasteiger partial charge >= 0.3 is 0 Å². The Balaban J connectivity index is 1.52. The van der Waals surface area contributed by atoms with Gasteiger partial charge in [0.2, 0.25) is 5.88 Å². The van der Waals surface area contributed by atoms with Crippen LogP contribution in [-0.2, 0) is 12.8 Å². The Morgan fingerprint density at radius 2 is 1.68 bits per heavy atom. The van der Waals surface area contributed by atoms with Gasteiger partial charge in [-0.25, -0.2) is 14.4 Å². The zero-order valence-corrected chi connectivity index (χ0v) is 20.7. The number of aromatic nitrogens is 3. The highest BCUT2D eigenvalue weighted by Crippen LogP contribution is 2.29. The van der Waals surface area contributed by atoms with E-state index in [9.17, 15) is 9.50 Å². The van der Waals surface area contributed by atoms with Gasteiger partial charge in [0, 0.05) is 24.6 Å². The number of ether oxygens (including phenoxy) is 1. The number of hydrogen-bond donors (Lipinski definition) is 2. The van der Waals surface area contributed by atoms with Crippen molar-refractivity contribution in [3.8, 4) is 22.9 Å². The van der Waals surface area contributed by atoms with Gasteiger partial charge in [0.1, 0.15) is 5.69 Å². The van der Waals surface area contributed by atoms with E-state index in [0.29, 0.717) is 42.9 Å². The van der Waals surface area contributed by atoms with E-state index < -0.39 is 5.82 Å². The van der Waals surface area contributed by atoms with Crippen molar-refractivity contribution in [2.75, 3.05) is 13.2 Å². The number of imidazole rings is 1. The summed E-state index contributed by atoms with van der Waals surface area (Å²) in [7, 11) is 0. The number of benzene rings is 3. The summed E-state index contributed by atoms with van der Waals surface area (Å²) < 4.78 is 21.7. The Morgan fingerprint density at radius 3 is 2.41 bits per heavy atom. The number of halogens is 1. The average molecular weight is 497 g/mol. The molecule has 0 saturated heterocycles. The summed E-state index contributed by atoms with van der Waals surface area (Å²) in [5.74, 6) is -0.247. The van der Waals surface area contributed by atoms with Crippen LogP contribution in [0.4, 0.5) is 4.39 Å². The highest BCUT2D eigenvalue weighted by atomic mass is 19.1. The number of nitrogens with two attached hydrogens (primary N) is 1. The van der Waals surface area contributed by atoms with Crippen molar-refractivity contribution in [1.29, 1.82) is 0 Å². The Hall–Kier alpha value is -4.23. The number of aromatic hydroxyl groups is 1. The number of hydrogen-bond acceptors (Lipinski definition) is 5. The third-order valence-corrected chi connectivity index (χ3v) is 6.26. The predicted octanol–water partition coefficient (Wildman–Crippen LogP) is 5.46. The topological polar surface area (TPSA) is 85.7 Å². The van der Waals surface area contributed by atoms with E-state index in [4.69, 9.17) is 20.4 Å². The maximum Gasteiger partial charge on any atom is 0.219 e. The van der Waals surface area contributed by atoms with Gasteiger partial charge in [0.25, 0.3) is 0 Å². The van der Waals surface area contributed by atoms with Gasteiger partial charge in [-0.05, 0) is 43.1 Å². The van der Waals surface area contributed by atoms with Crippen molar-refractivity contribution < 1.29 is 14.2 Å². The van der Waals surface area contributed by atoms with Crippen LogP contribution in [0.2, 0.25) is 0 Å². The van der Waals surface area contributed by atoms with Crippen molar-refractivity contribution in [3.05, 3.63) is 113 Å². The summed E-state index contributed by atoms with van der Waals surface area (Å²) in [6.07, 6.45) is 3.27. The van der Waals surface area contributed by atoms with Gasteiger partial charge in [0.15, 0.2) is 17.2 Å². The molecule has 0 aliphatic rings. The van der Waals surface area contributed by atoms with Crippen molar-refractivity contribution in [3.63, 3.8) is 0 Å². The molecule has 0 bridgehead atoms. The van der Waals surface area contributed by atoms with E-state index >= 15 is 0 Å². The Morgan fingerprint density at radius 1 is 0.919 bits per heavy atom. The standard InChI is InChI=1S/C30H29FN4O2/c1-20-8-11-23(12-9-20)27-19-35-29(25(33-27)17-21-6-3-2-4-7-21)34-26(30(35)36)18-22-10-13-28(24(31)16-22)37-15-5-14-32/h2-4,6-13,16,19,36H,5,14-15,17-18,32H2,1H3. The molecule has 188 valence electrons. The van der Waals surface area contributed by atoms with Gasteiger partial charge in [0.05, 0.1) is 18.0 Å². The van der Waals surface area contributed by atoms with Gasteiger partial charge in [-0.2, -0.15) is 0 Å². The fourth-order valence-corrected chi connectivity index (χ4v) is 4.26. The summed E-state index contributed by atoms with van der Waals surface area (Å²) in [6.45, 7) is 2.89. The monoisotopic (exact) mass is 496 g/mol. The molecule has 7 heteroatoms. The molecule has 0 aliphatic carbocycles.